The third-order valence-corrected chi connectivity index (χ3v) is 4.58. The zero-order chi connectivity index (χ0) is 17.6. The van der Waals surface area contributed by atoms with Crippen molar-refractivity contribution in [3.8, 4) is 11.8 Å². The molecule has 0 unspecified atom stereocenters. The number of aromatic nitrogens is 2. The van der Waals surface area contributed by atoms with Gasteiger partial charge in [-0.05, 0) is 37.5 Å². The summed E-state index contributed by atoms with van der Waals surface area (Å²) in [5.41, 5.74) is 2.74. The van der Waals surface area contributed by atoms with Crippen LogP contribution in [0.3, 0.4) is 0 Å². The molecule has 25 heavy (non-hydrogen) atoms. The van der Waals surface area contributed by atoms with Gasteiger partial charge in [-0.3, -0.25) is 4.68 Å². The minimum absolute atomic E-state index is 0.0164. The summed E-state index contributed by atoms with van der Waals surface area (Å²) in [7, 11) is 1.58. The Bertz CT molecular complexity index is 750. The van der Waals surface area contributed by atoms with Crippen molar-refractivity contribution < 1.29 is 9.47 Å². The van der Waals surface area contributed by atoms with Gasteiger partial charge in [-0.15, -0.1) is 0 Å². The molecule has 3 rings (SSSR count). The van der Waals surface area contributed by atoms with E-state index in [0.717, 1.165) is 37.1 Å². The van der Waals surface area contributed by atoms with E-state index in [1.807, 2.05) is 29.1 Å². The van der Waals surface area contributed by atoms with Gasteiger partial charge in [0, 0.05) is 37.5 Å². The largest absolute Gasteiger partial charge is 0.495 e. The molecule has 0 bridgehead atoms. The van der Waals surface area contributed by atoms with Crippen LogP contribution in [0, 0.1) is 11.3 Å². The van der Waals surface area contributed by atoms with E-state index in [1.165, 1.54) is 0 Å². The second kappa shape index (κ2) is 8.15. The van der Waals surface area contributed by atoms with Crippen LogP contribution in [0.4, 0.5) is 0 Å². The maximum Gasteiger partial charge on any atom is 0.136 e. The minimum Gasteiger partial charge on any atom is -0.495 e. The molecule has 0 aliphatic carbocycles. The highest BCUT2D eigenvalue weighted by molar-refractivity contribution is 5.45. The molecule has 1 aliphatic rings. The quantitative estimate of drug-likeness (QED) is 0.875. The Labute approximate surface area is 148 Å². The average Bonchev–Trinajstić information content (AvgIpc) is 3.15. The number of rotatable bonds is 6. The second-order valence-corrected chi connectivity index (χ2v) is 6.20. The number of hydrogen-bond acceptors (Lipinski definition) is 5. The summed E-state index contributed by atoms with van der Waals surface area (Å²) in [6.07, 6.45) is 6.08. The van der Waals surface area contributed by atoms with Crippen molar-refractivity contribution in [2.75, 3.05) is 13.7 Å². The summed E-state index contributed by atoms with van der Waals surface area (Å²) in [4.78, 5) is 0. The van der Waals surface area contributed by atoms with E-state index >= 15 is 0 Å². The van der Waals surface area contributed by atoms with Crippen LogP contribution in [0.2, 0.25) is 0 Å². The maximum absolute atomic E-state index is 9.23. The van der Waals surface area contributed by atoms with Crippen molar-refractivity contribution >= 4 is 0 Å². The highest BCUT2D eigenvalue weighted by Crippen LogP contribution is 2.28. The Morgan fingerprint density at radius 2 is 2.36 bits per heavy atom. The summed E-state index contributed by atoms with van der Waals surface area (Å²) < 4.78 is 13.1. The van der Waals surface area contributed by atoms with Gasteiger partial charge in [0.1, 0.15) is 17.9 Å². The van der Waals surface area contributed by atoms with Gasteiger partial charge in [0.15, 0.2) is 0 Å². The molecule has 0 saturated carbocycles. The van der Waals surface area contributed by atoms with Crippen molar-refractivity contribution in [2.24, 2.45) is 0 Å². The molecule has 1 aromatic heterocycles. The van der Waals surface area contributed by atoms with Crippen LogP contribution in [0.25, 0.3) is 0 Å². The summed E-state index contributed by atoms with van der Waals surface area (Å²) >= 11 is 0. The van der Waals surface area contributed by atoms with Crippen molar-refractivity contribution in [3.05, 3.63) is 47.3 Å². The van der Waals surface area contributed by atoms with Gasteiger partial charge in [-0.25, -0.2) is 0 Å². The number of nitrogens with zero attached hydrogens (tertiary/aromatic N) is 3. The zero-order valence-corrected chi connectivity index (χ0v) is 14.7. The van der Waals surface area contributed by atoms with Crippen LogP contribution in [0.5, 0.6) is 5.75 Å². The molecule has 0 amide bonds. The number of methoxy groups -OCH3 is 1. The molecule has 2 atom stereocenters. The fourth-order valence-corrected chi connectivity index (χ4v) is 3.22. The number of aryl methyl sites for hydroxylation is 1. The molecule has 6 heteroatoms. The SMILES string of the molecule is CCn1cc([C@H]2OCCC[C@@H]2NCc2ccc(OC)c(C#N)c2)cn1. The predicted molar refractivity (Wildman–Crippen MR) is 94.2 cm³/mol. The Balaban J connectivity index is 1.69. The first-order chi connectivity index (χ1) is 12.2. The number of nitrogens with one attached hydrogen (secondary N) is 1. The molecule has 2 heterocycles. The number of nitriles is 1. The van der Waals surface area contributed by atoms with Gasteiger partial charge < -0.3 is 14.8 Å². The Morgan fingerprint density at radius 1 is 1.48 bits per heavy atom. The van der Waals surface area contributed by atoms with Crippen LogP contribution in [0.15, 0.2) is 30.6 Å². The van der Waals surface area contributed by atoms with Gasteiger partial charge in [-0.1, -0.05) is 6.07 Å². The van der Waals surface area contributed by atoms with Gasteiger partial charge in [-0.2, -0.15) is 10.4 Å². The molecule has 0 spiro atoms. The van der Waals surface area contributed by atoms with Gasteiger partial charge >= 0.3 is 0 Å². The van der Waals surface area contributed by atoms with Gasteiger partial charge in [0.05, 0.1) is 18.9 Å². The van der Waals surface area contributed by atoms with Crippen LogP contribution >= 0.6 is 0 Å². The molecule has 1 saturated heterocycles. The van der Waals surface area contributed by atoms with E-state index in [-0.39, 0.29) is 12.1 Å². The third-order valence-electron chi connectivity index (χ3n) is 4.58. The molecule has 0 radical (unpaired) electrons. The van der Waals surface area contributed by atoms with E-state index < -0.39 is 0 Å². The summed E-state index contributed by atoms with van der Waals surface area (Å²) in [5.74, 6) is 0.608. The monoisotopic (exact) mass is 340 g/mol. The molecule has 1 fully saturated rings. The first kappa shape index (κ1) is 17.5. The van der Waals surface area contributed by atoms with E-state index in [4.69, 9.17) is 9.47 Å². The molecule has 2 aromatic rings. The summed E-state index contributed by atoms with van der Waals surface area (Å²) in [6, 6.07) is 8.12. The lowest BCUT2D eigenvalue weighted by Gasteiger charge is -2.32. The smallest absolute Gasteiger partial charge is 0.136 e. The maximum atomic E-state index is 9.23. The standard InChI is InChI=1S/C19H24N4O2/c1-3-23-13-16(12-22-23)19-17(5-4-8-25-19)21-11-14-6-7-18(24-2)15(9-14)10-20/h6-7,9,12-13,17,19,21H,3-5,8,11H2,1-2H3/t17-,19+/m0/s1. The second-order valence-electron chi connectivity index (χ2n) is 6.20. The third kappa shape index (κ3) is 4.01. The summed E-state index contributed by atoms with van der Waals surface area (Å²) in [6.45, 7) is 4.39. The van der Waals surface area contributed by atoms with E-state index in [1.54, 1.807) is 7.11 Å². The lowest BCUT2D eigenvalue weighted by Crippen LogP contribution is -2.39. The molecule has 132 valence electrons. The van der Waals surface area contributed by atoms with Gasteiger partial charge in [0.2, 0.25) is 0 Å². The molecular formula is C19H24N4O2. The highest BCUT2D eigenvalue weighted by atomic mass is 16.5. The fourth-order valence-electron chi connectivity index (χ4n) is 3.22. The molecular weight excluding hydrogens is 316 g/mol. The average molecular weight is 340 g/mol. The topological polar surface area (TPSA) is 72.1 Å². The number of ether oxygens (including phenoxy) is 2. The molecule has 1 aromatic carbocycles. The highest BCUT2D eigenvalue weighted by Gasteiger charge is 2.28. The number of hydrogen-bond donors (Lipinski definition) is 1. The summed E-state index contributed by atoms with van der Waals surface area (Å²) in [5, 5.41) is 17.2. The van der Waals surface area contributed by atoms with Crippen molar-refractivity contribution in [1.82, 2.24) is 15.1 Å². The first-order valence-corrected chi connectivity index (χ1v) is 8.69. The Morgan fingerprint density at radius 3 is 3.08 bits per heavy atom. The van der Waals surface area contributed by atoms with Crippen LogP contribution in [-0.4, -0.2) is 29.5 Å². The van der Waals surface area contributed by atoms with E-state index in [2.05, 4.69) is 29.6 Å². The lowest BCUT2D eigenvalue weighted by atomic mass is 9.97. The van der Waals surface area contributed by atoms with E-state index in [0.29, 0.717) is 17.9 Å². The minimum atomic E-state index is 0.0164. The van der Waals surface area contributed by atoms with E-state index in [9.17, 15) is 5.26 Å². The molecule has 6 nitrogen and oxygen atoms in total. The van der Waals surface area contributed by atoms with Crippen molar-refractivity contribution in [1.29, 1.82) is 5.26 Å². The first-order valence-electron chi connectivity index (χ1n) is 8.69. The fraction of sp³-hybridized carbons (Fsp3) is 0.474. The van der Waals surface area contributed by atoms with Crippen LogP contribution < -0.4 is 10.1 Å². The Kier molecular flexibility index (Phi) is 5.69. The van der Waals surface area contributed by atoms with Crippen LogP contribution in [0.1, 0.15) is 42.6 Å². The van der Waals surface area contributed by atoms with Crippen molar-refractivity contribution in [2.45, 2.75) is 45.0 Å². The number of benzene rings is 1. The van der Waals surface area contributed by atoms with Gasteiger partial charge in [0.25, 0.3) is 0 Å². The molecule has 1 N–H and O–H groups in total. The zero-order valence-electron chi connectivity index (χ0n) is 14.7. The predicted octanol–water partition coefficient (Wildman–Crippen LogP) is 2.79. The van der Waals surface area contributed by atoms with Crippen molar-refractivity contribution in [3.63, 3.8) is 0 Å². The normalized spacial score (nSPS) is 20.2. The molecule has 1 aliphatic heterocycles. The van der Waals surface area contributed by atoms with Crippen LogP contribution in [-0.2, 0) is 17.8 Å². The Hall–Kier alpha value is -2.36. The lowest BCUT2D eigenvalue weighted by molar-refractivity contribution is -0.0112.